The summed E-state index contributed by atoms with van der Waals surface area (Å²) in [5.74, 6) is -2.29. The molecule has 0 aliphatic carbocycles. The van der Waals surface area contributed by atoms with Crippen molar-refractivity contribution in [3.63, 3.8) is 0 Å². The van der Waals surface area contributed by atoms with E-state index < -0.39 is 30.3 Å². The first-order valence-corrected chi connectivity index (χ1v) is 7.11. The highest BCUT2D eigenvalue weighted by Gasteiger charge is 2.10. The Hall–Kier alpha value is -2.47. The molecule has 0 spiro atoms. The number of carbonyl (C=O) groups is 1. The van der Waals surface area contributed by atoms with E-state index in [1.54, 1.807) is 0 Å². The fraction of sp³-hybridized carbons (Fsp3) is 0.235. The summed E-state index contributed by atoms with van der Waals surface area (Å²) in [6.45, 7) is -0.358. The van der Waals surface area contributed by atoms with Gasteiger partial charge >= 0.3 is 0 Å². The smallest absolute Gasteiger partial charge is 0.258 e. The van der Waals surface area contributed by atoms with Crippen molar-refractivity contribution in [2.75, 3.05) is 13.2 Å². The molecular weight excluding hydrogens is 304 g/mol. The van der Waals surface area contributed by atoms with Gasteiger partial charge in [-0.2, -0.15) is 0 Å². The lowest BCUT2D eigenvalue weighted by molar-refractivity contribution is -0.123. The molecular formula is C17H17F2NO3. The number of ether oxygens (including phenoxy) is 1. The number of rotatable bonds is 7. The molecule has 0 unspecified atom stereocenters. The maximum Gasteiger partial charge on any atom is 0.258 e. The first kappa shape index (κ1) is 16.9. The molecule has 0 saturated carbocycles. The third-order valence-corrected chi connectivity index (χ3v) is 3.10. The fourth-order valence-electron chi connectivity index (χ4n) is 1.98. The highest BCUT2D eigenvalue weighted by molar-refractivity contribution is 5.77. The summed E-state index contributed by atoms with van der Waals surface area (Å²) in [7, 11) is 0. The standard InChI is InChI=1S/C17H17F2NO3/c18-13-6-7-16(15(19)9-13)23-11-17(22)20-10-14(21)8-12-4-2-1-3-5-12/h1-7,9,14,21H,8,10-11H2,(H,20,22)/t14-/m0/s1. The molecule has 122 valence electrons. The summed E-state index contributed by atoms with van der Waals surface area (Å²) in [5.41, 5.74) is 0.957. The van der Waals surface area contributed by atoms with E-state index in [9.17, 15) is 18.7 Å². The number of carbonyl (C=O) groups excluding carboxylic acids is 1. The second kappa shape index (κ2) is 8.24. The van der Waals surface area contributed by atoms with Crippen LogP contribution in [0.2, 0.25) is 0 Å². The van der Waals surface area contributed by atoms with Gasteiger partial charge in [-0.15, -0.1) is 0 Å². The summed E-state index contributed by atoms with van der Waals surface area (Å²) in [6, 6.07) is 12.2. The minimum absolute atomic E-state index is 0.0585. The zero-order valence-corrected chi connectivity index (χ0v) is 12.3. The zero-order valence-electron chi connectivity index (χ0n) is 12.3. The number of aliphatic hydroxyl groups is 1. The Morgan fingerprint density at radius 2 is 1.91 bits per heavy atom. The number of hydrogen-bond acceptors (Lipinski definition) is 3. The molecule has 2 aromatic rings. The van der Waals surface area contributed by atoms with Crippen LogP contribution < -0.4 is 10.1 Å². The third-order valence-electron chi connectivity index (χ3n) is 3.10. The Labute approximate surface area is 132 Å². The van der Waals surface area contributed by atoms with Crippen molar-refractivity contribution in [2.24, 2.45) is 0 Å². The number of benzene rings is 2. The van der Waals surface area contributed by atoms with Crippen LogP contribution in [0.3, 0.4) is 0 Å². The van der Waals surface area contributed by atoms with Gasteiger partial charge in [0.05, 0.1) is 6.10 Å². The van der Waals surface area contributed by atoms with E-state index in [4.69, 9.17) is 4.74 Å². The monoisotopic (exact) mass is 321 g/mol. The average Bonchev–Trinajstić information content (AvgIpc) is 2.53. The van der Waals surface area contributed by atoms with Gasteiger partial charge in [-0.1, -0.05) is 30.3 Å². The van der Waals surface area contributed by atoms with Gasteiger partial charge in [0.1, 0.15) is 5.82 Å². The van der Waals surface area contributed by atoms with Crippen molar-refractivity contribution in [1.29, 1.82) is 0 Å². The first-order valence-electron chi connectivity index (χ1n) is 7.11. The number of amides is 1. The van der Waals surface area contributed by atoms with Gasteiger partial charge in [-0.25, -0.2) is 8.78 Å². The third kappa shape index (κ3) is 5.67. The molecule has 2 rings (SSSR count). The van der Waals surface area contributed by atoms with E-state index in [-0.39, 0.29) is 12.3 Å². The molecule has 6 heteroatoms. The minimum atomic E-state index is -0.873. The van der Waals surface area contributed by atoms with E-state index in [0.29, 0.717) is 12.5 Å². The summed E-state index contributed by atoms with van der Waals surface area (Å²) >= 11 is 0. The van der Waals surface area contributed by atoms with E-state index in [0.717, 1.165) is 17.7 Å². The maximum atomic E-state index is 13.3. The van der Waals surface area contributed by atoms with Crippen LogP contribution in [0.1, 0.15) is 5.56 Å². The number of aliphatic hydroxyl groups excluding tert-OH is 1. The number of nitrogens with one attached hydrogen (secondary N) is 1. The van der Waals surface area contributed by atoms with Gasteiger partial charge in [0.15, 0.2) is 18.2 Å². The van der Waals surface area contributed by atoms with Crippen LogP contribution in [0.25, 0.3) is 0 Å². The molecule has 23 heavy (non-hydrogen) atoms. The van der Waals surface area contributed by atoms with Gasteiger partial charge in [0.25, 0.3) is 5.91 Å². The lowest BCUT2D eigenvalue weighted by Gasteiger charge is -2.12. The lowest BCUT2D eigenvalue weighted by Crippen LogP contribution is -2.36. The fourth-order valence-corrected chi connectivity index (χ4v) is 1.98. The quantitative estimate of drug-likeness (QED) is 0.821. The van der Waals surface area contributed by atoms with E-state index in [1.165, 1.54) is 0 Å². The Balaban J connectivity index is 1.72. The van der Waals surface area contributed by atoms with Gasteiger partial charge in [0, 0.05) is 19.0 Å². The average molecular weight is 321 g/mol. The molecule has 0 aliphatic heterocycles. The lowest BCUT2D eigenvalue weighted by atomic mass is 10.1. The molecule has 0 fully saturated rings. The van der Waals surface area contributed by atoms with Crippen LogP contribution >= 0.6 is 0 Å². The van der Waals surface area contributed by atoms with Crippen molar-refractivity contribution in [3.8, 4) is 5.75 Å². The molecule has 0 aromatic heterocycles. The molecule has 2 aromatic carbocycles. The molecule has 1 amide bonds. The molecule has 2 N–H and O–H groups in total. The summed E-state index contributed by atoms with van der Waals surface area (Å²) in [4.78, 5) is 11.6. The van der Waals surface area contributed by atoms with Crippen molar-refractivity contribution >= 4 is 5.91 Å². The first-order chi connectivity index (χ1) is 11.0. The van der Waals surface area contributed by atoms with Crippen LogP contribution in [0.15, 0.2) is 48.5 Å². The molecule has 1 atom stereocenters. The van der Waals surface area contributed by atoms with Crippen LogP contribution in [0.4, 0.5) is 8.78 Å². The Morgan fingerprint density at radius 3 is 2.61 bits per heavy atom. The minimum Gasteiger partial charge on any atom is -0.481 e. The highest BCUT2D eigenvalue weighted by atomic mass is 19.1. The molecule has 4 nitrogen and oxygen atoms in total. The van der Waals surface area contributed by atoms with Crippen LogP contribution in [0, 0.1) is 11.6 Å². The second-order valence-electron chi connectivity index (χ2n) is 5.01. The Morgan fingerprint density at radius 1 is 1.17 bits per heavy atom. The summed E-state index contributed by atoms with van der Waals surface area (Å²) in [6.07, 6.45) is -0.321. The second-order valence-corrected chi connectivity index (χ2v) is 5.01. The van der Waals surface area contributed by atoms with Crippen LogP contribution in [0.5, 0.6) is 5.75 Å². The molecule has 0 heterocycles. The van der Waals surface area contributed by atoms with Gasteiger partial charge in [-0.3, -0.25) is 4.79 Å². The van der Waals surface area contributed by atoms with Gasteiger partial charge in [-0.05, 0) is 17.7 Å². The molecule has 0 radical (unpaired) electrons. The van der Waals surface area contributed by atoms with Crippen molar-refractivity contribution in [3.05, 3.63) is 65.7 Å². The van der Waals surface area contributed by atoms with Gasteiger partial charge in [0.2, 0.25) is 0 Å². The molecule has 0 bridgehead atoms. The molecule has 0 saturated heterocycles. The predicted octanol–water partition coefficient (Wildman–Crippen LogP) is 2.06. The SMILES string of the molecule is O=C(COc1ccc(F)cc1F)NC[C@@H](O)Cc1ccccc1. The van der Waals surface area contributed by atoms with Crippen LogP contribution in [-0.2, 0) is 11.2 Å². The van der Waals surface area contributed by atoms with E-state index in [2.05, 4.69) is 5.32 Å². The maximum absolute atomic E-state index is 13.3. The van der Waals surface area contributed by atoms with Crippen molar-refractivity contribution in [2.45, 2.75) is 12.5 Å². The molecule has 0 aliphatic rings. The zero-order chi connectivity index (χ0) is 16.7. The Bertz CT molecular complexity index is 650. The normalized spacial score (nSPS) is 11.8. The number of halogens is 2. The largest absolute Gasteiger partial charge is 0.481 e. The van der Waals surface area contributed by atoms with Crippen molar-refractivity contribution in [1.82, 2.24) is 5.32 Å². The summed E-state index contributed by atoms with van der Waals surface area (Å²) in [5, 5.41) is 12.3. The van der Waals surface area contributed by atoms with Crippen molar-refractivity contribution < 1.29 is 23.4 Å². The van der Waals surface area contributed by atoms with Crippen LogP contribution in [-0.4, -0.2) is 30.3 Å². The number of hydrogen-bond donors (Lipinski definition) is 2. The highest BCUT2D eigenvalue weighted by Crippen LogP contribution is 2.17. The van der Waals surface area contributed by atoms with E-state index in [1.807, 2.05) is 30.3 Å². The topological polar surface area (TPSA) is 58.6 Å². The van der Waals surface area contributed by atoms with E-state index >= 15 is 0 Å². The van der Waals surface area contributed by atoms with Gasteiger partial charge < -0.3 is 15.2 Å². The Kier molecular flexibility index (Phi) is 6.05. The predicted molar refractivity (Wildman–Crippen MR) is 81.0 cm³/mol. The summed E-state index contributed by atoms with van der Waals surface area (Å²) < 4.78 is 31.0.